The van der Waals surface area contributed by atoms with Crippen LogP contribution in [-0.4, -0.2) is 33.6 Å². The largest absolute Gasteiger partial charge is 0.396 e. The van der Waals surface area contributed by atoms with Crippen molar-refractivity contribution in [3.63, 3.8) is 0 Å². The van der Waals surface area contributed by atoms with Gasteiger partial charge in [-0.25, -0.2) is 0 Å². The topological polar surface area (TPSA) is 60.7 Å². The van der Waals surface area contributed by atoms with Gasteiger partial charge in [0.1, 0.15) is 0 Å². The van der Waals surface area contributed by atoms with Crippen molar-refractivity contribution < 1.29 is 15.3 Å². The van der Waals surface area contributed by atoms with Crippen molar-refractivity contribution in [3.8, 4) is 0 Å². The number of hydrogen-bond acceptors (Lipinski definition) is 3. The molecule has 3 heteroatoms. The molecule has 4 aliphatic rings. The molecule has 24 heavy (non-hydrogen) atoms. The van der Waals surface area contributed by atoms with Crippen LogP contribution in [0.2, 0.25) is 0 Å². The molecule has 138 valence electrons. The fraction of sp³-hybridized carbons (Fsp3) is 1.00. The van der Waals surface area contributed by atoms with Crippen LogP contribution < -0.4 is 0 Å². The van der Waals surface area contributed by atoms with Gasteiger partial charge in [-0.15, -0.1) is 0 Å². The molecule has 0 amide bonds. The normalized spacial score (nSPS) is 57.1. The summed E-state index contributed by atoms with van der Waals surface area (Å²) in [4.78, 5) is 0. The molecule has 2 unspecified atom stereocenters. The predicted octanol–water partition coefficient (Wildman–Crippen LogP) is 3.50. The third-order valence-corrected chi connectivity index (χ3v) is 9.49. The van der Waals surface area contributed by atoms with Crippen LogP contribution in [0.1, 0.15) is 78.1 Å². The summed E-state index contributed by atoms with van der Waals surface area (Å²) in [6.07, 6.45) is 10.5. The molecule has 0 spiro atoms. The second-order valence-corrected chi connectivity index (χ2v) is 10.1. The Labute approximate surface area is 146 Å². The third kappa shape index (κ3) is 2.20. The Morgan fingerprint density at radius 2 is 1.67 bits per heavy atom. The van der Waals surface area contributed by atoms with Crippen LogP contribution in [0.15, 0.2) is 0 Å². The lowest BCUT2D eigenvalue weighted by atomic mass is 9.44. The highest BCUT2D eigenvalue weighted by molar-refractivity contribution is 5.13. The second-order valence-electron chi connectivity index (χ2n) is 10.1. The van der Waals surface area contributed by atoms with E-state index in [1.165, 1.54) is 25.7 Å². The maximum Gasteiger partial charge on any atom is 0.0725 e. The summed E-state index contributed by atoms with van der Waals surface area (Å²) in [6.45, 7) is 4.93. The first-order valence-corrected chi connectivity index (χ1v) is 10.4. The molecule has 0 aromatic rings. The first kappa shape index (κ1) is 17.3. The molecule has 4 aliphatic carbocycles. The monoisotopic (exact) mass is 336 g/mol. The zero-order chi connectivity index (χ0) is 17.2. The van der Waals surface area contributed by atoms with E-state index >= 15 is 0 Å². The molecule has 3 nitrogen and oxygen atoms in total. The highest BCUT2D eigenvalue weighted by Crippen LogP contribution is 2.68. The molecule has 0 saturated heterocycles. The molecule has 0 bridgehead atoms. The Hall–Kier alpha value is -0.120. The fourth-order valence-corrected chi connectivity index (χ4v) is 7.94. The molecular formula is C21H36O3. The van der Waals surface area contributed by atoms with E-state index < -0.39 is 5.60 Å². The Bertz CT molecular complexity index is 491. The van der Waals surface area contributed by atoms with Gasteiger partial charge in [0.2, 0.25) is 0 Å². The molecule has 4 fully saturated rings. The molecule has 0 aromatic heterocycles. The van der Waals surface area contributed by atoms with Gasteiger partial charge in [0.15, 0.2) is 0 Å². The van der Waals surface area contributed by atoms with E-state index in [0.717, 1.165) is 43.9 Å². The van der Waals surface area contributed by atoms with Crippen molar-refractivity contribution >= 4 is 0 Å². The Kier molecular flexibility index (Phi) is 4.10. The molecule has 8 atom stereocenters. The van der Waals surface area contributed by atoms with Gasteiger partial charge in [0, 0.05) is 6.61 Å². The van der Waals surface area contributed by atoms with Gasteiger partial charge < -0.3 is 15.3 Å². The van der Waals surface area contributed by atoms with E-state index in [9.17, 15) is 15.3 Å². The van der Waals surface area contributed by atoms with E-state index in [0.29, 0.717) is 23.7 Å². The molecule has 4 rings (SSSR count). The molecule has 4 saturated carbocycles. The number of hydrogen-bond donors (Lipinski definition) is 3. The number of rotatable bonds is 2. The average molecular weight is 337 g/mol. The highest BCUT2D eigenvalue weighted by Gasteiger charge is 2.64. The van der Waals surface area contributed by atoms with Gasteiger partial charge in [-0.05, 0) is 98.7 Å². The first-order chi connectivity index (χ1) is 11.3. The quantitative estimate of drug-likeness (QED) is 0.723. The lowest BCUT2D eigenvalue weighted by Crippen LogP contribution is -2.57. The molecule has 0 heterocycles. The fourth-order valence-electron chi connectivity index (χ4n) is 7.94. The summed E-state index contributed by atoms with van der Waals surface area (Å²) in [5.41, 5.74) is -0.257. The van der Waals surface area contributed by atoms with Crippen LogP contribution in [0.5, 0.6) is 0 Å². The van der Waals surface area contributed by atoms with Crippen LogP contribution in [0.25, 0.3) is 0 Å². The van der Waals surface area contributed by atoms with E-state index in [2.05, 4.69) is 13.8 Å². The van der Waals surface area contributed by atoms with E-state index in [-0.39, 0.29) is 18.1 Å². The molecule has 0 aliphatic heterocycles. The van der Waals surface area contributed by atoms with Crippen LogP contribution in [0.4, 0.5) is 0 Å². The van der Waals surface area contributed by atoms with Crippen LogP contribution >= 0.6 is 0 Å². The van der Waals surface area contributed by atoms with Crippen LogP contribution in [0, 0.1) is 34.5 Å². The van der Waals surface area contributed by atoms with E-state index in [4.69, 9.17) is 0 Å². The van der Waals surface area contributed by atoms with Gasteiger partial charge in [0.25, 0.3) is 0 Å². The Balaban J connectivity index is 1.61. The zero-order valence-electron chi connectivity index (χ0n) is 15.5. The lowest BCUT2D eigenvalue weighted by Gasteiger charge is -2.61. The van der Waals surface area contributed by atoms with Crippen LogP contribution in [0.3, 0.4) is 0 Å². The third-order valence-electron chi connectivity index (χ3n) is 9.49. The van der Waals surface area contributed by atoms with Gasteiger partial charge in [-0.2, -0.15) is 0 Å². The van der Waals surface area contributed by atoms with Crippen molar-refractivity contribution in [2.24, 2.45) is 34.5 Å². The van der Waals surface area contributed by atoms with Crippen molar-refractivity contribution in [2.45, 2.75) is 89.8 Å². The van der Waals surface area contributed by atoms with Crippen LogP contribution in [-0.2, 0) is 0 Å². The van der Waals surface area contributed by atoms with Gasteiger partial charge in [-0.3, -0.25) is 0 Å². The van der Waals surface area contributed by atoms with E-state index in [1.54, 1.807) is 0 Å². The minimum absolute atomic E-state index is 0.00568. The Morgan fingerprint density at radius 1 is 0.917 bits per heavy atom. The van der Waals surface area contributed by atoms with Crippen molar-refractivity contribution in [2.75, 3.05) is 6.61 Å². The smallest absolute Gasteiger partial charge is 0.0725 e. The highest BCUT2D eigenvalue weighted by atomic mass is 16.3. The number of aliphatic hydroxyl groups excluding tert-OH is 2. The van der Waals surface area contributed by atoms with Crippen molar-refractivity contribution in [1.82, 2.24) is 0 Å². The minimum atomic E-state index is -0.655. The standard InChI is InChI=1S/C21H36O3/c1-19-8-5-15(23)13-14(19)3-4-16-17(19)6-9-20(2)18(16)7-10-21(20,24)11-12-22/h14-18,22-24H,3-13H2,1-2H3/t14?,15?,16-,17+,18+,19+,20+,21+/m1/s1. The summed E-state index contributed by atoms with van der Waals surface area (Å²) in [7, 11) is 0. The first-order valence-electron chi connectivity index (χ1n) is 10.4. The average Bonchev–Trinajstić information content (AvgIpc) is 2.80. The minimum Gasteiger partial charge on any atom is -0.396 e. The van der Waals surface area contributed by atoms with Crippen molar-refractivity contribution in [1.29, 1.82) is 0 Å². The SMILES string of the molecule is C[C@]12CCC(O)CC1CC[C@@H]1[C@@H]2CC[C@@]2(C)[C@H]1CC[C@]2(O)CCO. The Morgan fingerprint density at radius 3 is 2.42 bits per heavy atom. The van der Waals surface area contributed by atoms with Gasteiger partial charge in [0.05, 0.1) is 11.7 Å². The number of fused-ring (bicyclic) bond motifs is 5. The molecule has 3 N–H and O–H groups in total. The summed E-state index contributed by atoms with van der Waals surface area (Å²) < 4.78 is 0. The lowest BCUT2D eigenvalue weighted by molar-refractivity contribution is -0.162. The molecular weight excluding hydrogens is 300 g/mol. The molecule has 0 radical (unpaired) electrons. The summed E-state index contributed by atoms with van der Waals surface area (Å²) >= 11 is 0. The number of aliphatic hydroxyl groups is 3. The maximum atomic E-state index is 11.3. The molecule has 0 aromatic carbocycles. The summed E-state index contributed by atoms with van der Waals surface area (Å²) in [5.74, 6) is 2.84. The van der Waals surface area contributed by atoms with Gasteiger partial charge in [-0.1, -0.05) is 13.8 Å². The van der Waals surface area contributed by atoms with E-state index in [1.807, 2.05) is 0 Å². The second kappa shape index (κ2) is 5.69. The maximum absolute atomic E-state index is 11.3. The zero-order valence-corrected chi connectivity index (χ0v) is 15.5. The predicted molar refractivity (Wildman–Crippen MR) is 94.4 cm³/mol. The summed E-state index contributed by atoms with van der Waals surface area (Å²) in [5, 5.41) is 30.9. The van der Waals surface area contributed by atoms with Gasteiger partial charge >= 0.3 is 0 Å². The summed E-state index contributed by atoms with van der Waals surface area (Å²) in [6, 6.07) is 0. The van der Waals surface area contributed by atoms with Crippen molar-refractivity contribution in [3.05, 3.63) is 0 Å².